The van der Waals surface area contributed by atoms with Crippen LogP contribution >= 0.6 is 24.0 Å². The molecule has 6 heteroatoms. The van der Waals surface area contributed by atoms with Crippen molar-refractivity contribution in [1.29, 1.82) is 0 Å². The molecule has 0 saturated carbocycles. The van der Waals surface area contributed by atoms with Crippen molar-refractivity contribution in [1.82, 2.24) is 20.4 Å². The van der Waals surface area contributed by atoms with Gasteiger partial charge in [0, 0.05) is 44.7 Å². The van der Waals surface area contributed by atoms with E-state index < -0.39 is 0 Å². The van der Waals surface area contributed by atoms with Crippen LogP contribution in [0.3, 0.4) is 0 Å². The van der Waals surface area contributed by atoms with Crippen molar-refractivity contribution in [2.75, 3.05) is 53.4 Å². The van der Waals surface area contributed by atoms with Gasteiger partial charge < -0.3 is 15.5 Å². The Kier molecular flexibility index (Phi) is 11.3. The summed E-state index contributed by atoms with van der Waals surface area (Å²) in [6, 6.07) is 22.1. The summed E-state index contributed by atoms with van der Waals surface area (Å²) in [7, 11) is 4.40. The first kappa shape index (κ1) is 25.6. The molecule has 1 fully saturated rings. The fraction of sp³-hybridized carbons (Fsp3) is 0.480. The number of halogens is 1. The normalized spacial score (nSPS) is 17.9. The van der Waals surface area contributed by atoms with E-state index in [0.29, 0.717) is 12.0 Å². The van der Waals surface area contributed by atoms with E-state index in [2.05, 4.69) is 102 Å². The standard InChI is InChI=1S/C25H37N5.HI/c1-4-26-25(28-19-23-20-29(2)17-18-30(23)3)27-16-15-24(21-11-7-5-8-12-21)22-13-9-6-10-14-22;/h5-14,23-24H,4,15-20H2,1-3H3,(H2,26,27,28);1H. The predicted octanol–water partition coefficient (Wildman–Crippen LogP) is 3.63. The van der Waals surface area contributed by atoms with Crippen molar-refractivity contribution < 1.29 is 0 Å². The topological polar surface area (TPSA) is 42.9 Å². The fourth-order valence-corrected chi connectivity index (χ4v) is 4.07. The zero-order chi connectivity index (χ0) is 21.2. The van der Waals surface area contributed by atoms with Gasteiger partial charge in [0.1, 0.15) is 0 Å². The van der Waals surface area contributed by atoms with E-state index in [0.717, 1.165) is 51.6 Å². The van der Waals surface area contributed by atoms with E-state index in [-0.39, 0.29) is 24.0 Å². The van der Waals surface area contributed by atoms with Crippen LogP contribution < -0.4 is 10.6 Å². The summed E-state index contributed by atoms with van der Waals surface area (Å²) in [5.41, 5.74) is 2.72. The van der Waals surface area contributed by atoms with Gasteiger partial charge in [-0.2, -0.15) is 0 Å². The third kappa shape index (κ3) is 8.09. The van der Waals surface area contributed by atoms with Gasteiger partial charge in [0.05, 0.1) is 6.54 Å². The maximum atomic E-state index is 4.89. The van der Waals surface area contributed by atoms with Gasteiger partial charge in [-0.15, -0.1) is 24.0 Å². The molecule has 1 unspecified atom stereocenters. The molecule has 2 aromatic rings. The second-order valence-corrected chi connectivity index (χ2v) is 8.21. The van der Waals surface area contributed by atoms with Crippen LogP contribution in [0.15, 0.2) is 65.7 Å². The number of nitrogens with zero attached hydrogens (tertiary/aromatic N) is 3. The SMILES string of the molecule is CCNC(=NCC1CN(C)CCN1C)NCCC(c1ccccc1)c1ccccc1.I. The molecule has 0 amide bonds. The van der Waals surface area contributed by atoms with Gasteiger partial charge in [0.15, 0.2) is 5.96 Å². The molecule has 3 rings (SSSR count). The lowest BCUT2D eigenvalue weighted by Crippen LogP contribution is -2.51. The van der Waals surface area contributed by atoms with Gasteiger partial charge in [-0.3, -0.25) is 9.89 Å². The first-order chi connectivity index (χ1) is 14.7. The van der Waals surface area contributed by atoms with Crippen molar-refractivity contribution in [3.05, 3.63) is 71.8 Å². The number of guanidine groups is 1. The van der Waals surface area contributed by atoms with Crippen LogP contribution in [0.25, 0.3) is 0 Å². The van der Waals surface area contributed by atoms with Crippen molar-refractivity contribution >= 4 is 29.9 Å². The molecule has 0 radical (unpaired) electrons. The van der Waals surface area contributed by atoms with Crippen LogP contribution in [-0.4, -0.2) is 75.2 Å². The Bertz CT molecular complexity index is 728. The first-order valence-corrected chi connectivity index (χ1v) is 11.2. The Balaban J connectivity index is 0.00000341. The molecule has 0 aromatic heterocycles. The number of piperazine rings is 1. The van der Waals surface area contributed by atoms with E-state index in [1.165, 1.54) is 11.1 Å². The summed E-state index contributed by atoms with van der Waals surface area (Å²) < 4.78 is 0. The lowest BCUT2D eigenvalue weighted by Gasteiger charge is -2.36. The molecule has 1 aliphatic rings. The molecule has 0 bridgehead atoms. The minimum absolute atomic E-state index is 0. The number of hydrogen-bond acceptors (Lipinski definition) is 3. The lowest BCUT2D eigenvalue weighted by molar-refractivity contribution is 0.119. The van der Waals surface area contributed by atoms with Crippen LogP contribution in [0.5, 0.6) is 0 Å². The number of nitrogens with one attached hydrogen (secondary N) is 2. The average molecular weight is 536 g/mol. The van der Waals surface area contributed by atoms with Crippen LogP contribution in [0, 0.1) is 0 Å². The minimum Gasteiger partial charge on any atom is -0.357 e. The molecule has 170 valence electrons. The highest BCUT2D eigenvalue weighted by atomic mass is 127. The van der Waals surface area contributed by atoms with E-state index in [9.17, 15) is 0 Å². The van der Waals surface area contributed by atoms with E-state index >= 15 is 0 Å². The van der Waals surface area contributed by atoms with Gasteiger partial charge in [-0.25, -0.2) is 0 Å². The Hall–Kier alpha value is -1.64. The van der Waals surface area contributed by atoms with Gasteiger partial charge >= 0.3 is 0 Å². The molecule has 2 N–H and O–H groups in total. The third-order valence-corrected chi connectivity index (χ3v) is 5.91. The average Bonchev–Trinajstić information content (AvgIpc) is 2.78. The molecule has 1 heterocycles. The van der Waals surface area contributed by atoms with Gasteiger partial charge in [-0.1, -0.05) is 60.7 Å². The van der Waals surface area contributed by atoms with Crippen LogP contribution in [0.2, 0.25) is 0 Å². The van der Waals surface area contributed by atoms with Crippen molar-refractivity contribution in [3.63, 3.8) is 0 Å². The zero-order valence-electron chi connectivity index (χ0n) is 19.1. The number of likely N-dealkylation sites (N-methyl/N-ethyl adjacent to an activating group) is 2. The summed E-state index contributed by atoms with van der Waals surface area (Å²) in [5.74, 6) is 1.29. The van der Waals surface area contributed by atoms with E-state index in [1.807, 2.05) is 0 Å². The number of rotatable bonds is 8. The largest absolute Gasteiger partial charge is 0.357 e. The maximum absolute atomic E-state index is 4.89. The summed E-state index contributed by atoms with van der Waals surface area (Å²) in [6.45, 7) is 7.99. The van der Waals surface area contributed by atoms with Gasteiger partial charge in [0.25, 0.3) is 0 Å². The summed E-state index contributed by atoms with van der Waals surface area (Å²) in [6.07, 6.45) is 1.02. The zero-order valence-corrected chi connectivity index (χ0v) is 21.5. The lowest BCUT2D eigenvalue weighted by atomic mass is 9.88. The summed E-state index contributed by atoms with van der Waals surface area (Å²) in [4.78, 5) is 9.71. The number of aliphatic imine (C=N–C) groups is 1. The van der Waals surface area contributed by atoms with Gasteiger partial charge in [-0.05, 0) is 38.6 Å². The summed E-state index contributed by atoms with van der Waals surface area (Å²) in [5, 5.41) is 6.97. The smallest absolute Gasteiger partial charge is 0.191 e. The fourth-order valence-electron chi connectivity index (χ4n) is 4.07. The van der Waals surface area contributed by atoms with Gasteiger partial charge in [0.2, 0.25) is 0 Å². The van der Waals surface area contributed by atoms with Crippen molar-refractivity contribution in [3.8, 4) is 0 Å². The predicted molar refractivity (Wildman–Crippen MR) is 143 cm³/mol. The second kappa shape index (κ2) is 13.7. The highest BCUT2D eigenvalue weighted by Gasteiger charge is 2.21. The molecule has 1 aliphatic heterocycles. The van der Waals surface area contributed by atoms with Crippen LogP contribution in [0.4, 0.5) is 0 Å². The molecule has 2 aromatic carbocycles. The Morgan fingerprint density at radius 1 is 0.968 bits per heavy atom. The summed E-state index contributed by atoms with van der Waals surface area (Å²) >= 11 is 0. The number of benzene rings is 2. The Labute approximate surface area is 205 Å². The second-order valence-electron chi connectivity index (χ2n) is 8.21. The van der Waals surface area contributed by atoms with Crippen molar-refractivity contribution in [2.45, 2.75) is 25.3 Å². The molecule has 31 heavy (non-hydrogen) atoms. The molecule has 1 atom stereocenters. The van der Waals surface area contributed by atoms with Crippen LogP contribution in [-0.2, 0) is 0 Å². The van der Waals surface area contributed by atoms with Crippen LogP contribution in [0.1, 0.15) is 30.4 Å². The molecular weight excluding hydrogens is 497 g/mol. The molecule has 0 spiro atoms. The van der Waals surface area contributed by atoms with Crippen molar-refractivity contribution in [2.24, 2.45) is 4.99 Å². The Morgan fingerprint density at radius 3 is 2.16 bits per heavy atom. The molecule has 0 aliphatic carbocycles. The highest BCUT2D eigenvalue weighted by Crippen LogP contribution is 2.27. The number of hydrogen-bond donors (Lipinski definition) is 2. The molecule has 5 nitrogen and oxygen atoms in total. The monoisotopic (exact) mass is 535 g/mol. The highest BCUT2D eigenvalue weighted by molar-refractivity contribution is 14.0. The van der Waals surface area contributed by atoms with E-state index in [1.54, 1.807) is 0 Å². The molecule has 1 saturated heterocycles. The maximum Gasteiger partial charge on any atom is 0.191 e. The molecular formula is C25H38IN5. The Morgan fingerprint density at radius 2 is 1.58 bits per heavy atom. The minimum atomic E-state index is 0. The third-order valence-electron chi connectivity index (χ3n) is 5.91. The van der Waals surface area contributed by atoms with E-state index in [4.69, 9.17) is 4.99 Å². The first-order valence-electron chi connectivity index (χ1n) is 11.2. The quantitative estimate of drug-likeness (QED) is 0.308.